The van der Waals surface area contributed by atoms with Gasteiger partial charge in [0, 0.05) is 0 Å². The Hall–Kier alpha value is -3.55. The molecule has 32 heavy (non-hydrogen) atoms. The Morgan fingerprint density at radius 3 is 2.41 bits per heavy atom. The summed E-state index contributed by atoms with van der Waals surface area (Å²) in [6.07, 6.45) is -1.01. The van der Waals surface area contributed by atoms with Crippen molar-refractivity contribution in [2.45, 2.75) is 12.1 Å². The number of hydrogen-bond acceptors (Lipinski definition) is 6. The first kappa shape index (κ1) is 20.4. The molecular formula is C24H19ClN2O5. The summed E-state index contributed by atoms with van der Waals surface area (Å²) < 4.78 is 5.26. The lowest BCUT2D eigenvalue weighted by molar-refractivity contribution is -0.126. The van der Waals surface area contributed by atoms with Gasteiger partial charge in [-0.05, 0) is 42.0 Å². The Morgan fingerprint density at radius 2 is 1.69 bits per heavy atom. The van der Waals surface area contributed by atoms with Crippen LogP contribution in [0.4, 0.5) is 11.4 Å². The van der Waals surface area contributed by atoms with Gasteiger partial charge in [0.05, 0.1) is 29.5 Å². The number of nitrogens with zero attached hydrogens (tertiary/aromatic N) is 2. The Balaban J connectivity index is 1.62. The molecule has 3 aromatic carbocycles. The van der Waals surface area contributed by atoms with Crippen LogP contribution in [0.1, 0.15) is 11.6 Å². The van der Waals surface area contributed by atoms with Gasteiger partial charge in [0.1, 0.15) is 5.92 Å². The summed E-state index contributed by atoms with van der Waals surface area (Å²) in [7, 11) is 1.45. The number of fused-ring (bicyclic) bond motifs is 1. The molecule has 1 N–H and O–H groups in total. The van der Waals surface area contributed by atoms with Gasteiger partial charge < -0.3 is 9.84 Å². The van der Waals surface area contributed by atoms with Crippen molar-refractivity contribution in [1.82, 2.24) is 0 Å². The third-order valence-corrected chi connectivity index (χ3v) is 6.08. The first-order valence-corrected chi connectivity index (χ1v) is 10.4. The number of hydrogen-bond donors (Lipinski definition) is 1. The molecule has 5 rings (SSSR count). The van der Waals surface area contributed by atoms with Gasteiger partial charge >= 0.3 is 0 Å². The zero-order valence-electron chi connectivity index (χ0n) is 17.0. The molecule has 0 aliphatic carbocycles. The molecule has 3 atom stereocenters. The molecule has 0 saturated carbocycles. The average molecular weight is 451 g/mol. The number of para-hydroxylation sites is 2. The van der Waals surface area contributed by atoms with Gasteiger partial charge in [-0.3, -0.25) is 14.4 Å². The van der Waals surface area contributed by atoms with Crippen molar-refractivity contribution >= 4 is 34.8 Å². The number of aromatic hydroxyl groups is 1. The highest BCUT2D eigenvalue weighted by Gasteiger charge is 2.60. The van der Waals surface area contributed by atoms with Crippen LogP contribution in [0.3, 0.4) is 0 Å². The van der Waals surface area contributed by atoms with E-state index < -0.39 is 29.9 Å². The molecule has 0 bridgehead atoms. The van der Waals surface area contributed by atoms with E-state index in [1.807, 2.05) is 30.3 Å². The number of carbonyl (C=O) groups excluding carboxylic acids is 2. The van der Waals surface area contributed by atoms with Gasteiger partial charge in [0.2, 0.25) is 5.91 Å². The van der Waals surface area contributed by atoms with Crippen LogP contribution in [0.5, 0.6) is 11.5 Å². The maximum absolute atomic E-state index is 13.6. The number of amides is 2. The van der Waals surface area contributed by atoms with E-state index in [0.29, 0.717) is 22.0 Å². The number of imide groups is 1. The molecule has 0 aromatic heterocycles. The summed E-state index contributed by atoms with van der Waals surface area (Å²) in [6.45, 7) is 0. The zero-order chi connectivity index (χ0) is 22.4. The minimum atomic E-state index is -1.01. The molecule has 8 heteroatoms. The second kappa shape index (κ2) is 7.85. The molecule has 2 amide bonds. The summed E-state index contributed by atoms with van der Waals surface area (Å²) in [5.41, 5.74) is 1.69. The van der Waals surface area contributed by atoms with E-state index in [2.05, 4.69) is 0 Å². The predicted molar refractivity (Wildman–Crippen MR) is 119 cm³/mol. The van der Waals surface area contributed by atoms with Crippen LogP contribution in [0, 0.1) is 5.92 Å². The van der Waals surface area contributed by atoms with Crippen LogP contribution in [-0.4, -0.2) is 30.1 Å². The molecule has 0 spiro atoms. The Kier molecular flexibility index (Phi) is 5.00. The summed E-state index contributed by atoms with van der Waals surface area (Å²) in [6, 6.07) is 20.2. The lowest BCUT2D eigenvalue weighted by Gasteiger charge is -2.29. The summed E-state index contributed by atoms with van der Waals surface area (Å²) in [5.74, 6) is -1.44. The van der Waals surface area contributed by atoms with Crippen molar-refractivity contribution in [1.29, 1.82) is 0 Å². The monoisotopic (exact) mass is 450 g/mol. The molecule has 2 aliphatic rings. The van der Waals surface area contributed by atoms with Crippen molar-refractivity contribution in [3.05, 3.63) is 83.4 Å². The fourth-order valence-corrected chi connectivity index (χ4v) is 4.52. The van der Waals surface area contributed by atoms with E-state index in [1.165, 1.54) is 13.2 Å². The largest absolute Gasteiger partial charge is 0.504 e. The fraction of sp³-hybridized carbons (Fsp3) is 0.167. The predicted octanol–water partition coefficient (Wildman–Crippen LogP) is 4.11. The molecule has 2 saturated heterocycles. The minimum absolute atomic E-state index is 0.0236. The number of benzene rings is 3. The number of anilines is 2. The number of carbonyl (C=O) groups is 2. The normalized spacial score (nSPS) is 22.4. The van der Waals surface area contributed by atoms with Crippen LogP contribution >= 0.6 is 11.6 Å². The summed E-state index contributed by atoms with van der Waals surface area (Å²) in [4.78, 5) is 34.1. The Bertz CT molecular complexity index is 1200. The van der Waals surface area contributed by atoms with Gasteiger partial charge in [-0.1, -0.05) is 48.0 Å². The van der Waals surface area contributed by atoms with E-state index in [0.717, 1.165) is 4.90 Å². The van der Waals surface area contributed by atoms with Crippen LogP contribution in [0.25, 0.3) is 0 Å². The number of phenolic OH excluding ortho intramolecular Hbond substituents is 1. The van der Waals surface area contributed by atoms with Crippen molar-refractivity contribution < 1.29 is 24.3 Å². The molecule has 2 aliphatic heterocycles. The van der Waals surface area contributed by atoms with E-state index in [1.54, 1.807) is 41.5 Å². The molecule has 2 heterocycles. The highest BCUT2D eigenvalue weighted by atomic mass is 35.5. The molecule has 7 nitrogen and oxygen atoms in total. The van der Waals surface area contributed by atoms with Crippen LogP contribution in [0.2, 0.25) is 5.02 Å². The second-order valence-corrected chi connectivity index (χ2v) is 7.96. The highest BCUT2D eigenvalue weighted by molar-refractivity contribution is 6.36. The average Bonchev–Trinajstić information content (AvgIpc) is 3.31. The fourth-order valence-electron chi connectivity index (χ4n) is 4.30. The number of rotatable bonds is 4. The van der Waals surface area contributed by atoms with Crippen molar-refractivity contribution in [3.63, 3.8) is 0 Å². The molecule has 3 aromatic rings. The lowest BCUT2D eigenvalue weighted by Crippen LogP contribution is -2.37. The first-order chi connectivity index (χ1) is 15.5. The molecule has 162 valence electrons. The zero-order valence-corrected chi connectivity index (χ0v) is 17.8. The maximum atomic E-state index is 13.6. The standard InChI is InChI=1S/C24H19ClN2O5/c1-31-19-13-14(11-12-18(19)28)21-20-22(32-27(21)15-7-3-2-4-8-15)24(30)26(23(20)29)17-10-6-5-9-16(17)25/h2-13,20-22,28H,1H3/t20-,21+,22-/m0/s1. The Morgan fingerprint density at radius 1 is 0.969 bits per heavy atom. The topological polar surface area (TPSA) is 79.3 Å². The van der Waals surface area contributed by atoms with Crippen LogP contribution < -0.4 is 14.7 Å². The van der Waals surface area contributed by atoms with E-state index in [-0.39, 0.29) is 11.5 Å². The molecule has 0 radical (unpaired) electrons. The third kappa shape index (κ3) is 3.09. The van der Waals surface area contributed by atoms with Gasteiger partial charge in [-0.25, -0.2) is 9.96 Å². The van der Waals surface area contributed by atoms with Gasteiger partial charge in [-0.2, -0.15) is 0 Å². The van der Waals surface area contributed by atoms with Crippen LogP contribution in [-0.2, 0) is 14.4 Å². The number of phenols is 1. The van der Waals surface area contributed by atoms with Crippen molar-refractivity contribution in [3.8, 4) is 11.5 Å². The SMILES string of the molecule is COc1cc([C@@H]2[C@@H]3C(=O)N(c4ccccc4Cl)C(=O)[C@H]3ON2c2ccccc2)ccc1O. The summed E-state index contributed by atoms with van der Waals surface area (Å²) in [5, 5.41) is 11.9. The number of ether oxygens (including phenoxy) is 1. The number of methoxy groups -OCH3 is 1. The van der Waals surface area contributed by atoms with Crippen LogP contribution in [0.15, 0.2) is 72.8 Å². The van der Waals surface area contributed by atoms with E-state index in [4.69, 9.17) is 21.2 Å². The second-order valence-electron chi connectivity index (χ2n) is 7.55. The molecule has 2 fully saturated rings. The van der Waals surface area contributed by atoms with E-state index in [9.17, 15) is 14.7 Å². The number of hydroxylamine groups is 1. The lowest BCUT2D eigenvalue weighted by atomic mass is 9.90. The van der Waals surface area contributed by atoms with Crippen molar-refractivity contribution in [2.24, 2.45) is 5.92 Å². The van der Waals surface area contributed by atoms with E-state index >= 15 is 0 Å². The van der Waals surface area contributed by atoms with Gasteiger partial charge in [-0.15, -0.1) is 0 Å². The quantitative estimate of drug-likeness (QED) is 0.603. The third-order valence-electron chi connectivity index (χ3n) is 5.76. The van der Waals surface area contributed by atoms with Crippen molar-refractivity contribution in [2.75, 3.05) is 17.1 Å². The Labute approximate surface area is 189 Å². The summed E-state index contributed by atoms with van der Waals surface area (Å²) >= 11 is 6.28. The highest BCUT2D eigenvalue weighted by Crippen LogP contribution is 2.49. The molecular weight excluding hydrogens is 432 g/mol. The maximum Gasteiger partial charge on any atom is 0.266 e. The first-order valence-electron chi connectivity index (χ1n) is 10.0. The van der Waals surface area contributed by atoms with Gasteiger partial charge in [0.25, 0.3) is 5.91 Å². The van der Waals surface area contributed by atoms with Gasteiger partial charge in [0.15, 0.2) is 17.6 Å². The molecule has 0 unspecified atom stereocenters. The smallest absolute Gasteiger partial charge is 0.266 e. The number of halogens is 1. The minimum Gasteiger partial charge on any atom is -0.504 e.